The van der Waals surface area contributed by atoms with Crippen LogP contribution >= 0.6 is 46.4 Å². The number of hydrogen-bond acceptors (Lipinski definition) is 3. The number of benzene rings is 3. The highest BCUT2D eigenvalue weighted by atomic mass is 35.5. The van der Waals surface area contributed by atoms with E-state index >= 15 is 0 Å². The minimum absolute atomic E-state index is 0.274. The minimum Gasteiger partial charge on any atom is -0.323 e. The largest absolute Gasteiger partial charge is 0.323 e. The van der Waals surface area contributed by atoms with Gasteiger partial charge < -0.3 is 5.32 Å². The highest BCUT2D eigenvalue weighted by Crippen LogP contribution is 2.69. The summed E-state index contributed by atoms with van der Waals surface area (Å²) in [6.45, 7) is 1.49. The van der Waals surface area contributed by atoms with E-state index in [1.807, 2.05) is 48.5 Å². The van der Waals surface area contributed by atoms with E-state index in [1.165, 1.54) is 13.0 Å². The van der Waals surface area contributed by atoms with Crippen LogP contribution in [0.5, 0.6) is 0 Å². The lowest BCUT2D eigenvalue weighted by Crippen LogP contribution is -2.57. The van der Waals surface area contributed by atoms with Crippen molar-refractivity contribution < 1.29 is 14.4 Å². The van der Waals surface area contributed by atoms with E-state index in [0.717, 1.165) is 4.90 Å². The number of nitrogens with zero attached hydrogens (tertiary/aromatic N) is 1. The molecular formula is C27H18Cl4N2O3. The van der Waals surface area contributed by atoms with E-state index in [2.05, 4.69) is 5.32 Å². The third-order valence-corrected chi connectivity index (χ3v) is 9.42. The Bertz CT molecular complexity index is 1370. The summed E-state index contributed by atoms with van der Waals surface area (Å²) in [7, 11) is 0. The summed E-state index contributed by atoms with van der Waals surface area (Å²) >= 11 is 27.0. The third kappa shape index (κ3) is 2.89. The van der Waals surface area contributed by atoms with E-state index in [-0.39, 0.29) is 10.7 Å². The Kier molecular flexibility index (Phi) is 5.27. The molecule has 7 rings (SSSR count). The average Bonchev–Trinajstić information content (AvgIpc) is 3.15. The van der Waals surface area contributed by atoms with Gasteiger partial charge in [-0.3, -0.25) is 19.3 Å². The van der Waals surface area contributed by atoms with Gasteiger partial charge in [-0.15, -0.1) is 23.2 Å². The molecule has 4 aliphatic rings. The number of imide groups is 1. The van der Waals surface area contributed by atoms with Crippen LogP contribution in [0.25, 0.3) is 0 Å². The molecule has 1 N–H and O–H groups in total. The lowest BCUT2D eigenvalue weighted by Gasteiger charge is -2.54. The van der Waals surface area contributed by atoms with Crippen LogP contribution in [0.15, 0.2) is 66.7 Å². The van der Waals surface area contributed by atoms with E-state index < -0.39 is 45.3 Å². The van der Waals surface area contributed by atoms with Gasteiger partial charge in [0.1, 0.15) is 15.8 Å². The van der Waals surface area contributed by atoms with Crippen LogP contribution < -0.4 is 5.32 Å². The molecule has 3 atom stereocenters. The molecule has 3 aromatic rings. The molecule has 1 fully saturated rings. The van der Waals surface area contributed by atoms with Crippen molar-refractivity contribution in [2.45, 2.75) is 22.7 Å². The maximum atomic E-state index is 14.0. The molecule has 1 saturated heterocycles. The van der Waals surface area contributed by atoms with Crippen LogP contribution in [0.4, 0.5) is 5.69 Å². The van der Waals surface area contributed by atoms with Gasteiger partial charge in [-0.05, 0) is 47.4 Å². The van der Waals surface area contributed by atoms with Crippen LogP contribution in [-0.2, 0) is 24.1 Å². The lowest BCUT2D eigenvalue weighted by molar-refractivity contribution is -0.146. The molecule has 0 radical (unpaired) electrons. The average molecular weight is 560 g/mol. The Morgan fingerprint density at radius 1 is 0.833 bits per heavy atom. The molecule has 3 aliphatic carbocycles. The molecule has 0 aromatic heterocycles. The SMILES string of the molecule is C[C@H](C(=O)Nc1cc(Cl)ccc1Cl)N1C(=O)[C@@H]2[C@H](C1=O)C1(Cl)c3ccccc3C2(Cl)c2ccccc21. The van der Waals surface area contributed by atoms with E-state index in [1.54, 1.807) is 12.1 Å². The van der Waals surface area contributed by atoms with Gasteiger partial charge in [0.05, 0.1) is 22.5 Å². The molecule has 0 saturated carbocycles. The van der Waals surface area contributed by atoms with Crippen molar-refractivity contribution >= 4 is 69.8 Å². The summed E-state index contributed by atoms with van der Waals surface area (Å²) in [5.41, 5.74) is 3.08. The molecule has 1 heterocycles. The standard InChI is InChI=1S/C27H18Cl4N2O3/c1-13(23(34)32-20-12-14(28)10-11-19(20)29)33-24(35)21-22(25(33)36)27(31)16-7-3-2-6-15(16)26(21,30)17-8-4-5-9-18(17)27/h2-13,21-22H,1H3,(H,32,34)/t13-,21-,22+,26?,27?/m1/s1. The van der Waals surface area contributed by atoms with Crippen molar-refractivity contribution in [1.82, 2.24) is 4.90 Å². The fourth-order valence-electron chi connectivity index (χ4n) is 6.02. The summed E-state index contributed by atoms with van der Waals surface area (Å²) in [5, 5.41) is 3.33. The summed E-state index contributed by atoms with van der Waals surface area (Å²) in [6.07, 6.45) is 0. The highest BCUT2D eigenvalue weighted by Gasteiger charge is 2.73. The molecule has 0 spiro atoms. The fourth-order valence-corrected chi connectivity index (χ4v) is 7.45. The number of alkyl halides is 2. The number of amides is 3. The number of hydrogen-bond donors (Lipinski definition) is 1. The van der Waals surface area contributed by atoms with Gasteiger partial charge in [0, 0.05) is 5.02 Å². The molecule has 0 unspecified atom stereocenters. The normalized spacial score (nSPS) is 28.4. The molecule has 3 aromatic carbocycles. The minimum atomic E-state index is -1.30. The Balaban J connectivity index is 1.45. The fraction of sp³-hybridized carbons (Fsp3) is 0.222. The van der Waals surface area contributed by atoms with Gasteiger partial charge in [-0.1, -0.05) is 71.7 Å². The number of rotatable bonds is 3. The zero-order chi connectivity index (χ0) is 25.6. The quantitative estimate of drug-likeness (QED) is 0.320. The topological polar surface area (TPSA) is 66.5 Å². The van der Waals surface area contributed by atoms with Crippen LogP contribution in [0, 0.1) is 11.8 Å². The maximum absolute atomic E-state index is 14.0. The number of anilines is 1. The van der Waals surface area contributed by atoms with Crippen molar-refractivity contribution in [1.29, 1.82) is 0 Å². The molecule has 5 nitrogen and oxygen atoms in total. The van der Waals surface area contributed by atoms with Gasteiger partial charge in [0.2, 0.25) is 17.7 Å². The van der Waals surface area contributed by atoms with Gasteiger partial charge >= 0.3 is 0 Å². The van der Waals surface area contributed by atoms with Crippen molar-refractivity contribution in [2.75, 3.05) is 5.32 Å². The summed E-state index contributed by atoms with van der Waals surface area (Å²) in [4.78, 5) is 39.5. The van der Waals surface area contributed by atoms with Crippen molar-refractivity contribution in [2.24, 2.45) is 11.8 Å². The second-order valence-electron chi connectivity index (χ2n) is 9.31. The number of carbonyl (C=O) groups excluding carboxylic acids is 3. The van der Waals surface area contributed by atoms with E-state index in [4.69, 9.17) is 46.4 Å². The molecule has 1 aliphatic heterocycles. The highest BCUT2D eigenvalue weighted by molar-refractivity contribution is 6.37. The van der Waals surface area contributed by atoms with E-state index in [0.29, 0.717) is 27.3 Å². The van der Waals surface area contributed by atoms with Crippen molar-refractivity contribution in [3.63, 3.8) is 0 Å². The zero-order valence-corrected chi connectivity index (χ0v) is 21.8. The third-order valence-electron chi connectivity index (χ3n) is 7.57. The monoisotopic (exact) mass is 558 g/mol. The molecule has 182 valence electrons. The number of halogens is 4. The Morgan fingerprint density at radius 3 is 1.72 bits per heavy atom. The molecule has 9 heteroatoms. The molecule has 36 heavy (non-hydrogen) atoms. The van der Waals surface area contributed by atoms with Crippen LogP contribution in [-0.4, -0.2) is 28.7 Å². The summed E-state index contributed by atoms with van der Waals surface area (Å²) in [5.74, 6) is -3.60. The van der Waals surface area contributed by atoms with Crippen LogP contribution in [0.2, 0.25) is 10.0 Å². The molecule has 3 amide bonds. The van der Waals surface area contributed by atoms with Crippen molar-refractivity contribution in [3.05, 3.63) is 99.0 Å². The Labute approximate surface area is 227 Å². The smallest absolute Gasteiger partial charge is 0.247 e. The Hall–Kier alpha value is -2.57. The number of likely N-dealkylation sites (tertiary alicyclic amines) is 1. The molecular weight excluding hydrogens is 542 g/mol. The first kappa shape index (κ1) is 23.8. The van der Waals surface area contributed by atoms with Gasteiger partial charge in [0.15, 0.2) is 0 Å². The van der Waals surface area contributed by atoms with Gasteiger partial charge in [0.25, 0.3) is 0 Å². The Morgan fingerprint density at radius 2 is 1.28 bits per heavy atom. The second kappa shape index (κ2) is 7.96. The predicted octanol–water partition coefficient (Wildman–Crippen LogP) is 5.91. The summed E-state index contributed by atoms with van der Waals surface area (Å²) < 4.78 is 0. The number of nitrogens with one attached hydrogen (secondary N) is 1. The first-order valence-corrected chi connectivity index (χ1v) is 12.8. The zero-order valence-electron chi connectivity index (χ0n) is 18.8. The maximum Gasteiger partial charge on any atom is 0.247 e. The molecule has 2 bridgehead atoms. The number of carbonyl (C=O) groups is 3. The van der Waals surface area contributed by atoms with E-state index in [9.17, 15) is 14.4 Å². The van der Waals surface area contributed by atoms with Crippen LogP contribution in [0.1, 0.15) is 29.2 Å². The predicted molar refractivity (Wildman–Crippen MR) is 140 cm³/mol. The van der Waals surface area contributed by atoms with Crippen LogP contribution in [0.3, 0.4) is 0 Å². The first-order chi connectivity index (χ1) is 17.1. The summed E-state index contributed by atoms with van der Waals surface area (Å²) in [6, 6.07) is 18.2. The second-order valence-corrected chi connectivity index (χ2v) is 11.3. The first-order valence-electron chi connectivity index (χ1n) is 11.3. The van der Waals surface area contributed by atoms with Gasteiger partial charge in [-0.2, -0.15) is 0 Å². The van der Waals surface area contributed by atoms with Crippen molar-refractivity contribution in [3.8, 4) is 0 Å². The van der Waals surface area contributed by atoms with Gasteiger partial charge in [-0.25, -0.2) is 0 Å². The lowest BCUT2D eigenvalue weighted by atomic mass is 9.54.